The lowest BCUT2D eigenvalue weighted by Gasteiger charge is -2.20. The van der Waals surface area contributed by atoms with Crippen LogP contribution in [0.3, 0.4) is 0 Å². The lowest BCUT2D eigenvalue weighted by atomic mass is 10.1. The molecule has 1 atom stereocenters. The molecule has 0 saturated carbocycles. The zero-order valence-corrected chi connectivity index (χ0v) is 13.2. The summed E-state index contributed by atoms with van der Waals surface area (Å²) in [5, 5.41) is 14.0. The van der Waals surface area contributed by atoms with E-state index in [9.17, 15) is 4.79 Å². The zero-order valence-electron chi connectivity index (χ0n) is 13.2. The minimum Gasteiger partial charge on any atom is -0.486 e. The number of hydrogen-bond acceptors (Lipinski definition) is 6. The van der Waals surface area contributed by atoms with Crippen LogP contribution in [0, 0.1) is 0 Å². The van der Waals surface area contributed by atoms with Gasteiger partial charge in [0.25, 0.3) is 5.91 Å². The molecule has 25 heavy (non-hydrogen) atoms. The Morgan fingerprint density at radius 3 is 2.64 bits per heavy atom. The van der Waals surface area contributed by atoms with Crippen LogP contribution in [0.2, 0.25) is 0 Å². The van der Waals surface area contributed by atoms with E-state index in [0.29, 0.717) is 30.4 Å². The summed E-state index contributed by atoms with van der Waals surface area (Å²) in [6.07, 6.45) is 1.42. The Morgan fingerprint density at radius 2 is 1.88 bits per heavy atom. The number of carbonyl (C=O) groups is 1. The van der Waals surface area contributed by atoms with Crippen molar-refractivity contribution in [1.29, 1.82) is 0 Å². The van der Waals surface area contributed by atoms with E-state index >= 15 is 0 Å². The molecule has 0 spiro atoms. The minimum atomic E-state index is -0.676. The molecule has 8 nitrogen and oxygen atoms in total. The molecule has 0 saturated heterocycles. The lowest BCUT2D eigenvalue weighted by Crippen LogP contribution is -2.27. The summed E-state index contributed by atoms with van der Waals surface area (Å²) >= 11 is 0. The van der Waals surface area contributed by atoms with Crippen LogP contribution in [-0.2, 0) is 4.79 Å². The average Bonchev–Trinajstić information content (AvgIpc) is 3.17. The third-order valence-electron chi connectivity index (χ3n) is 3.80. The van der Waals surface area contributed by atoms with E-state index in [1.807, 2.05) is 30.3 Å². The zero-order chi connectivity index (χ0) is 17.1. The minimum absolute atomic E-state index is 0.254. The Morgan fingerprint density at radius 1 is 1.08 bits per heavy atom. The highest BCUT2D eigenvalue weighted by atomic mass is 16.6. The van der Waals surface area contributed by atoms with E-state index in [-0.39, 0.29) is 5.91 Å². The first-order chi connectivity index (χ1) is 12.3. The van der Waals surface area contributed by atoms with Gasteiger partial charge in [-0.05, 0) is 28.1 Å². The molecule has 126 valence electrons. The second-order valence-corrected chi connectivity index (χ2v) is 5.45. The maximum Gasteiger partial charge on any atom is 0.253 e. The third kappa shape index (κ3) is 3.14. The number of nitrogens with one attached hydrogen (secondary N) is 1. The Kier molecular flexibility index (Phi) is 3.99. The van der Waals surface area contributed by atoms with E-state index in [4.69, 9.17) is 9.47 Å². The van der Waals surface area contributed by atoms with Crippen molar-refractivity contribution in [3.05, 3.63) is 60.4 Å². The quantitative estimate of drug-likeness (QED) is 0.779. The summed E-state index contributed by atoms with van der Waals surface area (Å²) in [7, 11) is 0. The number of ether oxygens (including phenoxy) is 2. The van der Waals surface area contributed by atoms with Crippen LogP contribution in [0.15, 0.2) is 54.9 Å². The van der Waals surface area contributed by atoms with Gasteiger partial charge in [-0.3, -0.25) is 4.79 Å². The first-order valence-corrected chi connectivity index (χ1v) is 7.79. The first-order valence-electron chi connectivity index (χ1n) is 7.79. The van der Waals surface area contributed by atoms with Crippen molar-refractivity contribution in [3.63, 3.8) is 0 Å². The number of fused-ring (bicyclic) bond motifs is 1. The Hall–Kier alpha value is -3.42. The van der Waals surface area contributed by atoms with E-state index < -0.39 is 6.04 Å². The third-order valence-corrected chi connectivity index (χ3v) is 3.80. The molecule has 1 N–H and O–H groups in total. The summed E-state index contributed by atoms with van der Waals surface area (Å²) in [6, 6.07) is 13.9. The van der Waals surface area contributed by atoms with Crippen molar-refractivity contribution in [1.82, 2.24) is 20.2 Å². The van der Waals surface area contributed by atoms with Gasteiger partial charge in [-0.15, -0.1) is 5.10 Å². The summed E-state index contributed by atoms with van der Waals surface area (Å²) < 4.78 is 12.5. The molecule has 0 bridgehead atoms. The molecule has 1 aromatic heterocycles. The number of anilines is 1. The van der Waals surface area contributed by atoms with Crippen LogP contribution in [0.5, 0.6) is 11.5 Å². The number of aromatic nitrogens is 4. The highest BCUT2D eigenvalue weighted by Crippen LogP contribution is 2.33. The molecule has 1 aliphatic heterocycles. The van der Waals surface area contributed by atoms with E-state index in [0.717, 1.165) is 5.56 Å². The average molecular weight is 337 g/mol. The second-order valence-electron chi connectivity index (χ2n) is 5.45. The fourth-order valence-corrected chi connectivity index (χ4v) is 2.68. The van der Waals surface area contributed by atoms with Crippen LogP contribution < -0.4 is 14.8 Å². The van der Waals surface area contributed by atoms with Gasteiger partial charge in [0, 0.05) is 11.8 Å². The molecule has 0 aliphatic carbocycles. The van der Waals surface area contributed by atoms with Crippen LogP contribution in [0.1, 0.15) is 11.6 Å². The van der Waals surface area contributed by atoms with E-state index in [2.05, 4.69) is 20.8 Å². The molecule has 2 heterocycles. The molecule has 3 aromatic rings. The maximum atomic E-state index is 12.9. The van der Waals surface area contributed by atoms with Crippen LogP contribution >= 0.6 is 0 Å². The van der Waals surface area contributed by atoms with Crippen molar-refractivity contribution < 1.29 is 14.3 Å². The van der Waals surface area contributed by atoms with Gasteiger partial charge in [0.2, 0.25) is 0 Å². The molecule has 0 unspecified atom stereocenters. The number of nitrogens with zero attached hydrogens (tertiary/aromatic N) is 4. The molecule has 0 radical (unpaired) electrons. The van der Waals surface area contributed by atoms with Gasteiger partial charge in [-0.2, -0.15) is 0 Å². The Balaban J connectivity index is 1.61. The van der Waals surface area contributed by atoms with Crippen molar-refractivity contribution in [2.45, 2.75) is 6.04 Å². The normalized spacial score (nSPS) is 13.9. The SMILES string of the molecule is O=C(Nc1ccc2c(c1)OCCO2)[C@H](c1ccccc1)n1cnnn1. The molecule has 0 fully saturated rings. The summed E-state index contributed by atoms with van der Waals surface area (Å²) in [4.78, 5) is 12.9. The van der Waals surface area contributed by atoms with Crippen molar-refractivity contribution in [3.8, 4) is 11.5 Å². The lowest BCUT2D eigenvalue weighted by molar-refractivity contribution is -0.118. The fraction of sp³-hybridized carbons (Fsp3) is 0.176. The van der Waals surface area contributed by atoms with E-state index in [1.165, 1.54) is 11.0 Å². The number of hydrogen-bond donors (Lipinski definition) is 1. The molecule has 1 amide bonds. The van der Waals surface area contributed by atoms with Crippen molar-refractivity contribution in [2.24, 2.45) is 0 Å². The molecular weight excluding hydrogens is 322 g/mol. The van der Waals surface area contributed by atoms with Gasteiger partial charge in [0.05, 0.1) is 0 Å². The number of tetrazole rings is 1. The number of carbonyl (C=O) groups excluding carboxylic acids is 1. The standard InChI is InChI=1S/C17H15N5O3/c23-17(19-13-6-7-14-15(10-13)25-9-8-24-14)16(22-11-18-20-21-22)12-4-2-1-3-5-12/h1-7,10-11,16H,8-9H2,(H,19,23)/t16-/m0/s1. The molecule has 4 rings (SSSR count). The fourth-order valence-electron chi connectivity index (χ4n) is 2.68. The first kappa shape index (κ1) is 15.1. The molecule has 1 aliphatic rings. The topological polar surface area (TPSA) is 91.2 Å². The Bertz CT molecular complexity index is 867. The van der Waals surface area contributed by atoms with Gasteiger partial charge in [0.15, 0.2) is 17.5 Å². The van der Waals surface area contributed by atoms with Crippen LogP contribution in [-0.4, -0.2) is 39.3 Å². The smallest absolute Gasteiger partial charge is 0.253 e. The molecule has 8 heteroatoms. The predicted octanol–water partition coefficient (Wildman–Crippen LogP) is 1.67. The largest absolute Gasteiger partial charge is 0.486 e. The van der Waals surface area contributed by atoms with Gasteiger partial charge < -0.3 is 14.8 Å². The number of rotatable bonds is 4. The van der Waals surface area contributed by atoms with Gasteiger partial charge in [-0.25, -0.2) is 4.68 Å². The molecule has 2 aromatic carbocycles. The summed E-state index contributed by atoms with van der Waals surface area (Å²) in [5.74, 6) is 1.03. The highest BCUT2D eigenvalue weighted by molar-refractivity contribution is 5.96. The van der Waals surface area contributed by atoms with Gasteiger partial charge >= 0.3 is 0 Å². The monoisotopic (exact) mass is 337 g/mol. The summed E-state index contributed by atoms with van der Waals surface area (Å²) in [5.41, 5.74) is 1.40. The van der Waals surface area contributed by atoms with Crippen LogP contribution in [0.25, 0.3) is 0 Å². The number of benzene rings is 2. The van der Waals surface area contributed by atoms with Crippen molar-refractivity contribution >= 4 is 11.6 Å². The van der Waals surface area contributed by atoms with E-state index in [1.54, 1.807) is 18.2 Å². The van der Waals surface area contributed by atoms with Gasteiger partial charge in [0.1, 0.15) is 19.5 Å². The second kappa shape index (κ2) is 6.60. The maximum absolute atomic E-state index is 12.9. The predicted molar refractivity (Wildman–Crippen MR) is 88.5 cm³/mol. The van der Waals surface area contributed by atoms with Crippen molar-refractivity contribution in [2.75, 3.05) is 18.5 Å². The van der Waals surface area contributed by atoms with Crippen LogP contribution in [0.4, 0.5) is 5.69 Å². The Labute approximate surface area is 143 Å². The highest BCUT2D eigenvalue weighted by Gasteiger charge is 2.24. The summed E-state index contributed by atoms with van der Waals surface area (Å²) in [6.45, 7) is 1.01. The van der Waals surface area contributed by atoms with Gasteiger partial charge in [-0.1, -0.05) is 30.3 Å². The number of amides is 1. The molecular formula is C17H15N5O3.